The Morgan fingerprint density at radius 1 is 1.24 bits per heavy atom. The highest BCUT2D eigenvalue weighted by Crippen LogP contribution is 2.13. The van der Waals surface area contributed by atoms with Gasteiger partial charge in [0.2, 0.25) is 4.77 Å². The van der Waals surface area contributed by atoms with Crippen LogP contribution in [0.1, 0.15) is 24.5 Å². The van der Waals surface area contributed by atoms with Crippen LogP contribution in [0.2, 0.25) is 0 Å². The maximum atomic E-state index is 11.8. The lowest BCUT2D eigenvalue weighted by Gasteiger charge is -2.22. The predicted octanol–water partition coefficient (Wildman–Crippen LogP) is 0.465. The fourth-order valence-corrected chi connectivity index (χ4v) is 5.52. The van der Waals surface area contributed by atoms with Crippen LogP contribution in [0.5, 0.6) is 0 Å². The minimum absolute atomic E-state index is 0.100. The molecule has 2 heterocycles. The average molecular weight is 383 g/mol. The van der Waals surface area contributed by atoms with Gasteiger partial charge >= 0.3 is 0 Å². The number of aromatic nitrogens is 4. The predicted molar refractivity (Wildman–Crippen MR) is 98.2 cm³/mol. The summed E-state index contributed by atoms with van der Waals surface area (Å²) in [6.07, 6.45) is 0.698. The Labute approximate surface area is 153 Å². The number of quaternary nitrogens is 1. The maximum absolute atomic E-state index is 11.8. The third-order valence-corrected chi connectivity index (χ3v) is 6.86. The van der Waals surface area contributed by atoms with Crippen LogP contribution in [-0.4, -0.2) is 52.3 Å². The van der Waals surface area contributed by atoms with Gasteiger partial charge in [-0.05, 0) is 66.7 Å². The molecule has 3 rings (SSSR count). The highest BCUT2D eigenvalue weighted by Gasteiger charge is 2.35. The molecule has 0 amide bonds. The summed E-state index contributed by atoms with van der Waals surface area (Å²) in [7, 11) is -2.90. The topological polar surface area (TPSA) is 74.2 Å². The molecule has 0 aliphatic carbocycles. The normalized spacial score (nSPS) is 20.7. The molecule has 1 fully saturated rings. The van der Waals surface area contributed by atoms with Crippen molar-refractivity contribution >= 4 is 22.1 Å². The van der Waals surface area contributed by atoms with Crippen molar-refractivity contribution in [3.63, 3.8) is 0 Å². The molecule has 1 unspecified atom stereocenters. The average Bonchev–Trinajstić information content (AvgIpc) is 3.06. The Bertz CT molecular complexity index is 912. The maximum Gasteiger partial charge on any atom is 0.225 e. The smallest absolute Gasteiger partial charge is 0.225 e. The van der Waals surface area contributed by atoms with E-state index in [1.807, 2.05) is 26.0 Å². The number of benzene rings is 1. The number of aryl methyl sites for hydroxylation is 2. The van der Waals surface area contributed by atoms with E-state index in [1.165, 1.54) is 4.90 Å². The van der Waals surface area contributed by atoms with Crippen molar-refractivity contribution in [1.82, 2.24) is 19.8 Å². The number of nitrogens with zero attached hydrogens (tertiary/aromatic N) is 4. The highest BCUT2D eigenvalue weighted by atomic mass is 32.2. The molecule has 0 bridgehead atoms. The second-order valence-electron chi connectivity index (χ2n) is 6.79. The summed E-state index contributed by atoms with van der Waals surface area (Å²) >= 11 is 5.55. The molecule has 1 aliphatic rings. The van der Waals surface area contributed by atoms with Crippen LogP contribution in [0.15, 0.2) is 18.2 Å². The fraction of sp³-hybridized carbons (Fsp3) is 0.562. The van der Waals surface area contributed by atoms with Crippen molar-refractivity contribution < 1.29 is 13.3 Å². The summed E-state index contributed by atoms with van der Waals surface area (Å²) in [6, 6.07) is 6.25. The SMILES string of the molecule is CC[NH+](Cn1nnn(-c2cc(C)cc(C)c2)c1=S)[C@@H]1CCS(=O)(=O)C1. The number of rotatable bonds is 5. The second-order valence-corrected chi connectivity index (χ2v) is 9.38. The summed E-state index contributed by atoms with van der Waals surface area (Å²) < 4.78 is 27.4. The van der Waals surface area contributed by atoms with Gasteiger partial charge in [-0.25, -0.2) is 8.42 Å². The van der Waals surface area contributed by atoms with E-state index in [-0.39, 0.29) is 17.5 Å². The minimum Gasteiger partial charge on any atom is -0.313 e. The first-order chi connectivity index (χ1) is 11.8. The van der Waals surface area contributed by atoms with E-state index in [2.05, 4.69) is 23.4 Å². The standard InChI is InChI=1S/C16H23N5O2S2/c1-4-19(14-5-6-25(22,23)10-14)11-20-16(24)21(18-17-20)15-8-12(2)7-13(3)9-15/h7-9,14H,4-6,10-11H2,1-3H3/p+1/t14-/m1/s1. The molecule has 7 nitrogen and oxygen atoms in total. The van der Waals surface area contributed by atoms with E-state index in [9.17, 15) is 8.42 Å². The second kappa shape index (κ2) is 6.97. The lowest BCUT2D eigenvalue weighted by atomic mass is 10.1. The van der Waals surface area contributed by atoms with E-state index in [0.717, 1.165) is 23.4 Å². The monoisotopic (exact) mass is 382 g/mol. The van der Waals surface area contributed by atoms with Gasteiger partial charge in [0.25, 0.3) is 0 Å². The molecular weight excluding hydrogens is 358 g/mol. The van der Waals surface area contributed by atoms with Gasteiger partial charge in [0, 0.05) is 6.42 Å². The van der Waals surface area contributed by atoms with Gasteiger partial charge in [0.1, 0.15) is 11.8 Å². The molecule has 1 aromatic heterocycles. The van der Waals surface area contributed by atoms with Gasteiger partial charge in [-0.2, -0.15) is 9.36 Å². The fourth-order valence-electron chi connectivity index (χ4n) is 3.45. The Morgan fingerprint density at radius 2 is 1.92 bits per heavy atom. The van der Waals surface area contributed by atoms with Crippen LogP contribution in [0.3, 0.4) is 0 Å². The summed E-state index contributed by atoms with van der Waals surface area (Å²) in [6.45, 7) is 7.47. The van der Waals surface area contributed by atoms with Crippen LogP contribution in [0.4, 0.5) is 0 Å². The van der Waals surface area contributed by atoms with Crippen LogP contribution in [-0.2, 0) is 16.5 Å². The molecule has 1 N–H and O–H groups in total. The molecular formula is C16H24N5O2S2+. The number of nitrogens with one attached hydrogen (secondary N) is 1. The molecule has 25 heavy (non-hydrogen) atoms. The molecule has 1 aromatic carbocycles. The van der Waals surface area contributed by atoms with Gasteiger partial charge in [0.15, 0.2) is 16.5 Å². The minimum atomic E-state index is -2.90. The first kappa shape index (κ1) is 18.2. The van der Waals surface area contributed by atoms with E-state index in [1.54, 1.807) is 9.36 Å². The van der Waals surface area contributed by atoms with Crippen molar-refractivity contribution in [1.29, 1.82) is 0 Å². The van der Waals surface area contributed by atoms with Crippen LogP contribution >= 0.6 is 12.2 Å². The zero-order chi connectivity index (χ0) is 18.2. The molecule has 1 saturated heterocycles. The summed E-state index contributed by atoms with van der Waals surface area (Å²) in [5, 5.41) is 8.41. The number of hydrogen-bond donors (Lipinski definition) is 1. The molecule has 136 valence electrons. The lowest BCUT2D eigenvalue weighted by molar-refractivity contribution is -0.943. The van der Waals surface area contributed by atoms with E-state index in [4.69, 9.17) is 12.2 Å². The third kappa shape index (κ3) is 3.99. The lowest BCUT2D eigenvalue weighted by Crippen LogP contribution is -3.15. The van der Waals surface area contributed by atoms with Gasteiger partial charge in [-0.15, -0.1) is 0 Å². The van der Waals surface area contributed by atoms with Crippen molar-refractivity contribution in [2.45, 2.75) is 39.9 Å². The van der Waals surface area contributed by atoms with Gasteiger partial charge in [-0.3, -0.25) is 0 Å². The van der Waals surface area contributed by atoms with Crippen LogP contribution < -0.4 is 4.90 Å². The molecule has 0 saturated carbocycles. The Kier molecular flexibility index (Phi) is 5.08. The van der Waals surface area contributed by atoms with E-state index < -0.39 is 9.84 Å². The Hall–Kier alpha value is -1.58. The molecule has 2 atom stereocenters. The largest absolute Gasteiger partial charge is 0.313 e. The number of tetrazole rings is 1. The highest BCUT2D eigenvalue weighted by molar-refractivity contribution is 7.91. The summed E-state index contributed by atoms with van der Waals surface area (Å²) in [5.41, 5.74) is 3.18. The quantitative estimate of drug-likeness (QED) is 0.761. The van der Waals surface area contributed by atoms with E-state index >= 15 is 0 Å². The van der Waals surface area contributed by atoms with Crippen LogP contribution in [0, 0.1) is 18.6 Å². The van der Waals surface area contributed by atoms with Crippen LogP contribution in [0.25, 0.3) is 5.69 Å². The molecule has 2 aromatic rings. The third-order valence-electron chi connectivity index (χ3n) is 4.71. The van der Waals surface area contributed by atoms with Crippen molar-refractivity contribution in [3.05, 3.63) is 34.1 Å². The molecule has 0 spiro atoms. The van der Waals surface area contributed by atoms with Crippen molar-refractivity contribution in [2.75, 3.05) is 18.1 Å². The first-order valence-electron chi connectivity index (χ1n) is 8.45. The number of hydrogen-bond acceptors (Lipinski definition) is 5. The Balaban J connectivity index is 1.84. The zero-order valence-electron chi connectivity index (χ0n) is 14.8. The summed E-state index contributed by atoms with van der Waals surface area (Å²) in [4.78, 5) is 1.17. The molecule has 0 radical (unpaired) electrons. The van der Waals surface area contributed by atoms with Gasteiger partial charge in [0.05, 0.1) is 18.0 Å². The van der Waals surface area contributed by atoms with Gasteiger partial charge < -0.3 is 4.90 Å². The summed E-state index contributed by atoms with van der Waals surface area (Å²) in [5.74, 6) is 0.524. The molecule has 1 aliphatic heterocycles. The first-order valence-corrected chi connectivity index (χ1v) is 10.7. The van der Waals surface area contributed by atoms with Gasteiger partial charge in [-0.1, -0.05) is 6.07 Å². The number of sulfone groups is 1. The van der Waals surface area contributed by atoms with E-state index in [0.29, 0.717) is 17.9 Å². The Morgan fingerprint density at radius 3 is 2.48 bits per heavy atom. The van der Waals surface area contributed by atoms with Crippen molar-refractivity contribution in [3.8, 4) is 5.69 Å². The molecule has 9 heteroatoms. The van der Waals surface area contributed by atoms with Crippen molar-refractivity contribution in [2.24, 2.45) is 0 Å². The zero-order valence-corrected chi connectivity index (χ0v) is 16.4.